The number of carbonyl (C=O) groups excluding carboxylic acids is 1. The van der Waals surface area contributed by atoms with E-state index < -0.39 is 9.84 Å². The summed E-state index contributed by atoms with van der Waals surface area (Å²) >= 11 is 0. The van der Waals surface area contributed by atoms with Gasteiger partial charge in [0.15, 0.2) is 15.5 Å². The van der Waals surface area contributed by atoms with Crippen LogP contribution in [0.5, 0.6) is 0 Å². The summed E-state index contributed by atoms with van der Waals surface area (Å²) in [5, 5.41) is 4.27. The number of sulfone groups is 1. The zero-order chi connectivity index (χ0) is 15.9. The Bertz CT molecular complexity index is 825. The Morgan fingerprint density at radius 1 is 1.27 bits per heavy atom. The number of fused-ring (bicyclic) bond motifs is 1. The average molecular weight is 319 g/mol. The molecule has 0 saturated heterocycles. The molecule has 3 rings (SSSR count). The Morgan fingerprint density at radius 2 is 1.95 bits per heavy atom. The maximum Gasteiger partial charge on any atom is 0.278 e. The number of para-hydroxylation sites is 1. The number of hydrogen-bond donors (Lipinski definition) is 0. The molecule has 6 nitrogen and oxygen atoms in total. The second-order valence-corrected chi connectivity index (χ2v) is 7.62. The number of benzene rings is 1. The molecule has 22 heavy (non-hydrogen) atoms. The Morgan fingerprint density at radius 3 is 2.64 bits per heavy atom. The molecular formula is C15H17N3O3S. The highest BCUT2D eigenvalue weighted by molar-refractivity contribution is 7.90. The average Bonchev–Trinajstić information content (AvgIpc) is 2.81. The number of hydrogen-bond acceptors (Lipinski definition) is 4. The molecule has 0 saturated carbocycles. The molecule has 2 aromatic rings. The first-order valence-corrected chi connectivity index (χ1v) is 8.79. The van der Waals surface area contributed by atoms with E-state index in [0.717, 1.165) is 11.4 Å². The molecule has 2 heterocycles. The van der Waals surface area contributed by atoms with Crippen molar-refractivity contribution in [2.45, 2.75) is 12.2 Å². The van der Waals surface area contributed by atoms with Crippen LogP contribution in [0.4, 0.5) is 5.69 Å². The number of rotatable bonds is 2. The zero-order valence-electron chi connectivity index (χ0n) is 12.5. The van der Waals surface area contributed by atoms with E-state index in [0.29, 0.717) is 12.0 Å². The number of aryl methyl sites for hydroxylation is 1. The maximum atomic E-state index is 12.7. The third-order valence-corrected chi connectivity index (χ3v) is 5.49. The van der Waals surface area contributed by atoms with Gasteiger partial charge in [-0.25, -0.2) is 8.42 Å². The lowest BCUT2D eigenvalue weighted by atomic mass is 10.1. The zero-order valence-corrected chi connectivity index (χ0v) is 13.3. The molecule has 1 aliphatic rings. The summed E-state index contributed by atoms with van der Waals surface area (Å²) in [7, 11) is 0.256. The predicted molar refractivity (Wildman–Crippen MR) is 83.6 cm³/mol. The molecule has 1 amide bonds. The van der Waals surface area contributed by atoms with E-state index in [-0.39, 0.29) is 23.1 Å². The number of nitrogens with zero attached hydrogens (tertiary/aromatic N) is 3. The van der Waals surface area contributed by atoms with Crippen LogP contribution in [0, 0.1) is 0 Å². The van der Waals surface area contributed by atoms with Crippen molar-refractivity contribution in [1.29, 1.82) is 0 Å². The van der Waals surface area contributed by atoms with Crippen LogP contribution in [-0.2, 0) is 29.1 Å². The maximum absolute atomic E-state index is 12.7. The SMILES string of the molecule is CN(C(=O)c1nn(C)c2c1CS(=O)(=O)CC2)c1ccccc1. The van der Waals surface area contributed by atoms with Crippen molar-refractivity contribution < 1.29 is 13.2 Å². The lowest BCUT2D eigenvalue weighted by Gasteiger charge is -2.18. The van der Waals surface area contributed by atoms with Gasteiger partial charge in [0.2, 0.25) is 0 Å². The van der Waals surface area contributed by atoms with E-state index in [1.54, 1.807) is 18.8 Å². The summed E-state index contributed by atoms with van der Waals surface area (Å²) in [6.07, 6.45) is 0.406. The first kappa shape index (κ1) is 14.8. The van der Waals surface area contributed by atoms with Crippen LogP contribution in [0.1, 0.15) is 21.7 Å². The van der Waals surface area contributed by atoms with Crippen LogP contribution >= 0.6 is 0 Å². The van der Waals surface area contributed by atoms with Gasteiger partial charge in [-0.2, -0.15) is 5.10 Å². The molecule has 0 aliphatic carbocycles. The van der Waals surface area contributed by atoms with Gasteiger partial charge in [-0.3, -0.25) is 9.48 Å². The van der Waals surface area contributed by atoms with E-state index >= 15 is 0 Å². The molecule has 0 N–H and O–H groups in total. The van der Waals surface area contributed by atoms with Crippen LogP contribution in [0.25, 0.3) is 0 Å². The van der Waals surface area contributed by atoms with Gasteiger partial charge < -0.3 is 4.90 Å². The quantitative estimate of drug-likeness (QED) is 0.833. The van der Waals surface area contributed by atoms with Crippen molar-refractivity contribution in [2.24, 2.45) is 7.05 Å². The molecule has 0 bridgehead atoms. The van der Waals surface area contributed by atoms with Gasteiger partial charge in [-0.15, -0.1) is 0 Å². The van der Waals surface area contributed by atoms with Crippen molar-refractivity contribution in [1.82, 2.24) is 9.78 Å². The Kier molecular flexibility index (Phi) is 3.52. The molecule has 0 unspecified atom stereocenters. The number of carbonyl (C=O) groups is 1. The van der Waals surface area contributed by atoms with Crippen LogP contribution in [0.3, 0.4) is 0 Å². The Labute approximate surface area is 129 Å². The minimum atomic E-state index is -3.15. The highest BCUT2D eigenvalue weighted by Gasteiger charge is 2.31. The molecule has 1 aliphatic heterocycles. The van der Waals surface area contributed by atoms with Crippen molar-refractivity contribution in [3.05, 3.63) is 47.3 Å². The Hall–Kier alpha value is -2.15. The van der Waals surface area contributed by atoms with Crippen LogP contribution in [0.15, 0.2) is 30.3 Å². The molecule has 116 valence electrons. The molecule has 0 fully saturated rings. The lowest BCUT2D eigenvalue weighted by molar-refractivity contribution is 0.0987. The van der Waals surface area contributed by atoms with Crippen molar-refractivity contribution in [3.63, 3.8) is 0 Å². The fourth-order valence-electron chi connectivity index (χ4n) is 2.71. The van der Waals surface area contributed by atoms with E-state index in [9.17, 15) is 13.2 Å². The fourth-order valence-corrected chi connectivity index (χ4v) is 4.10. The minimum Gasteiger partial charge on any atom is -0.310 e. The third-order valence-electron chi connectivity index (χ3n) is 3.94. The molecule has 0 atom stereocenters. The van der Waals surface area contributed by atoms with Crippen LogP contribution < -0.4 is 4.90 Å². The minimum absolute atomic E-state index is 0.111. The number of aromatic nitrogens is 2. The van der Waals surface area contributed by atoms with Crippen molar-refractivity contribution >= 4 is 21.4 Å². The molecule has 0 radical (unpaired) electrons. The number of amides is 1. The molecule has 7 heteroatoms. The van der Waals surface area contributed by atoms with Crippen molar-refractivity contribution in [2.75, 3.05) is 17.7 Å². The second-order valence-electron chi connectivity index (χ2n) is 5.44. The van der Waals surface area contributed by atoms with Crippen molar-refractivity contribution in [3.8, 4) is 0 Å². The molecule has 1 aromatic heterocycles. The smallest absolute Gasteiger partial charge is 0.278 e. The number of anilines is 1. The largest absolute Gasteiger partial charge is 0.310 e. The fraction of sp³-hybridized carbons (Fsp3) is 0.333. The lowest BCUT2D eigenvalue weighted by Crippen LogP contribution is -2.28. The predicted octanol–water partition coefficient (Wildman–Crippen LogP) is 1.17. The molecule has 0 spiro atoms. The Balaban J connectivity index is 2.01. The normalized spacial score (nSPS) is 16.1. The standard InChI is InChI=1S/C15H17N3O3S/c1-17(11-6-4-3-5-7-11)15(19)14-12-10-22(20,21)9-8-13(12)18(2)16-14/h3-7H,8-10H2,1-2H3. The van der Waals surface area contributed by atoms with Crippen LogP contribution in [-0.4, -0.2) is 36.9 Å². The van der Waals surface area contributed by atoms with E-state index in [4.69, 9.17) is 0 Å². The summed E-state index contributed by atoms with van der Waals surface area (Å²) in [6, 6.07) is 9.21. The van der Waals surface area contributed by atoms with E-state index in [1.165, 1.54) is 4.90 Å². The summed E-state index contributed by atoms with van der Waals surface area (Å²) in [5.74, 6) is -0.290. The summed E-state index contributed by atoms with van der Waals surface area (Å²) in [4.78, 5) is 14.2. The topological polar surface area (TPSA) is 72.3 Å². The van der Waals surface area contributed by atoms with E-state index in [2.05, 4.69) is 5.10 Å². The van der Waals surface area contributed by atoms with E-state index in [1.807, 2.05) is 30.3 Å². The first-order chi connectivity index (χ1) is 10.4. The highest BCUT2D eigenvalue weighted by atomic mass is 32.2. The highest BCUT2D eigenvalue weighted by Crippen LogP contribution is 2.25. The van der Waals surface area contributed by atoms with Crippen LogP contribution in [0.2, 0.25) is 0 Å². The molecular weight excluding hydrogens is 302 g/mol. The third kappa shape index (κ3) is 2.52. The van der Waals surface area contributed by atoms with Gasteiger partial charge >= 0.3 is 0 Å². The summed E-state index contributed by atoms with van der Waals surface area (Å²) < 4.78 is 25.4. The van der Waals surface area contributed by atoms with Gasteiger partial charge in [0.25, 0.3) is 5.91 Å². The first-order valence-electron chi connectivity index (χ1n) is 6.97. The van der Waals surface area contributed by atoms with Gasteiger partial charge in [0.1, 0.15) is 0 Å². The summed E-state index contributed by atoms with van der Waals surface area (Å²) in [5.41, 5.74) is 2.35. The van der Waals surface area contributed by atoms with Gasteiger partial charge in [0, 0.05) is 37.5 Å². The molecule has 1 aromatic carbocycles. The van der Waals surface area contributed by atoms with Gasteiger partial charge in [-0.05, 0) is 12.1 Å². The monoisotopic (exact) mass is 319 g/mol. The summed E-state index contributed by atoms with van der Waals surface area (Å²) in [6.45, 7) is 0. The van der Waals surface area contributed by atoms with Gasteiger partial charge in [0.05, 0.1) is 11.5 Å². The van der Waals surface area contributed by atoms with Gasteiger partial charge in [-0.1, -0.05) is 18.2 Å². The second kappa shape index (κ2) is 5.24.